The minimum absolute atomic E-state index is 0.152. The highest BCUT2D eigenvalue weighted by molar-refractivity contribution is 5.91. The van der Waals surface area contributed by atoms with E-state index in [1.54, 1.807) is 12.4 Å². The number of carbonyl (C=O) groups excluding carboxylic acids is 1. The summed E-state index contributed by atoms with van der Waals surface area (Å²) < 4.78 is 0. The minimum atomic E-state index is -0.901. The van der Waals surface area contributed by atoms with E-state index in [0.717, 1.165) is 5.56 Å². The van der Waals surface area contributed by atoms with Crippen molar-refractivity contribution in [1.29, 1.82) is 0 Å². The molecule has 19 heavy (non-hydrogen) atoms. The molecule has 1 fully saturated rings. The summed E-state index contributed by atoms with van der Waals surface area (Å²) in [6, 6.07) is 3.51. The van der Waals surface area contributed by atoms with E-state index < -0.39 is 23.2 Å². The highest BCUT2D eigenvalue weighted by Gasteiger charge is 2.65. The number of carboxylic acid groups (broad SMARTS) is 1. The van der Waals surface area contributed by atoms with Crippen LogP contribution in [0.5, 0.6) is 0 Å². The van der Waals surface area contributed by atoms with Gasteiger partial charge in [0, 0.05) is 12.4 Å². The lowest BCUT2D eigenvalue weighted by Crippen LogP contribution is -2.30. The van der Waals surface area contributed by atoms with Crippen molar-refractivity contribution in [3.05, 3.63) is 30.1 Å². The van der Waals surface area contributed by atoms with Crippen molar-refractivity contribution in [3.8, 4) is 0 Å². The van der Waals surface area contributed by atoms with Crippen LogP contribution in [-0.4, -0.2) is 22.0 Å². The molecule has 1 aromatic heterocycles. The van der Waals surface area contributed by atoms with Crippen LogP contribution in [0.4, 0.5) is 0 Å². The van der Waals surface area contributed by atoms with Gasteiger partial charge in [-0.15, -0.1) is 0 Å². The Labute approximate surface area is 112 Å². The molecule has 1 amide bonds. The number of hydrogen-bond donors (Lipinski definition) is 2. The third-order valence-corrected chi connectivity index (χ3v) is 3.94. The SMILES string of the molecule is C[C@@H](NC(=O)C1C(C(=O)O)C1(C)C)c1ccncc1. The van der Waals surface area contributed by atoms with Gasteiger partial charge in [-0.25, -0.2) is 0 Å². The number of rotatable bonds is 4. The van der Waals surface area contributed by atoms with Gasteiger partial charge in [0.1, 0.15) is 0 Å². The first-order valence-corrected chi connectivity index (χ1v) is 6.29. The number of nitrogens with zero attached hydrogens (tertiary/aromatic N) is 1. The van der Waals surface area contributed by atoms with Gasteiger partial charge < -0.3 is 10.4 Å². The summed E-state index contributed by atoms with van der Waals surface area (Å²) in [4.78, 5) is 27.1. The maximum Gasteiger partial charge on any atom is 0.307 e. The molecule has 1 saturated carbocycles. The highest BCUT2D eigenvalue weighted by Crippen LogP contribution is 2.58. The molecule has 5 nitrogen and oxygen atoms in total. The van der Waals surface area contributed by atoms with Gasteiger partial charge in [-0.1, -0.05) is 13.8 Å². The summed E-state index contributed by atoms with van der Waals surface area (Å²) in [6.45, 7) is 5.50. The summed E-state index contributed by atoms with van der Waals surface area (Å²) >= 11 is 0. The number of carbonyl (C=O) groups is 2. The molecule has 0 spiro atoms. The molecule has 1 aromatic rings. The van der Waals surface area contributed by atoms with Gasteiger partial charge in [0.2, 0.25) is 5.91 Å². The largest absolute Gasteiger partial charge is 0.481 e. The Morgan fingerprint density at radius 3 is 2.37 bits per heavy atom. The fourth-order valence-electron chi connectivity index (χ4n) is 2.63. The highest BCUT2D eigenvalue weighted by atomic mass is 16.4. The summed E-state index contributed by atoms with van der Waals surface area (Å²) in [5, 5.41) is 11.9. The van der Waals surface area contributed by atoms with Crippen LogP contribution in [0.15, 0.2) is 24.5 Å². The maximum absolute atomic E-state index is 12.1. The Balaban J connectivity index is 2.02. The molecule has 0 aromatic carbocycles. The summed E-state index contributed by atoms with van der Waals surface area (Å²) in [5.74, 6) is -2.13. The Kier molecular flexibility index (Phi) is 3.30. The maximum atomic E-state index is 12.1. The van der Waals surface area contributed by atoms with Crippen LogP contribution in [0.25, 0.3) is 0 Å². The lowest BCUT2D eigenvalue weighted by Gasteiger charge is -2.14. The van der Waals surface area contributed by atoms with Crippen LogP contribution >= 0.6 is 0 Å². The molecule has 0 aliphatic heterocycles. The molecule has 0 radical (unpaired) electrons. The number of carboxylic acids is 1. The first-order chi connectivity index (χ1) is 8.85. The second-order valence-corrected chi connectivity index (χ2v) is 5.63. The van der Waals surface area contributed by atoms with Crippen molar-refractivity contribution in [2.45, 2.75) is 26.8 Å². The average Bonchev–Trinajstić information content (AvgIpc) is 2.93. The number of pyridine rings is 1. The minimum Gasteiger partial charge on any atom is -0.481 e. The van der Waals surface area contributed by atoms with Crippen molar-refractivity contribution < 1.29 is 14.7 Å². The Morgan fingerprint density at radius 2 is 1.89 bits per heavy atom. The van der Waals surface area contributed by atoms with Crippen molar-refractivity contribution in [1.82, 2.24) is 10.3 Å². The Morgan fingerprint density at radius 1 is 1.32 bits per heavy atom. The summed E-state index contributed by atoms with van der Waals surface area (Å²) in [6.07, 6.45) is 3.33. The topological polar surface area (TPSA) is 79.3 Å². The predicted octanol–water partition coefficient (Wildman–Crippen LogP) is 1.62. The fourth-order valence-corrected chi connectivity index (χ4v) is 2.63. The molecule has 2 unspecified atom stereocenters. The van der Waals surface area contributed by atoms with Crippen LogP contribution in [0, 0.1) is 17.3 Å². The molecular weight excluding hydrogens is 244 g/mol. The zero-order valence-electron chi connectivity index (χ0n) is 11.3. The first kappa shape index (κ1) is 13.5. The average molecular weight is 262 g/mol. The van der Waals surface area contributed by atoms with Gasteiger partial charge in [-0.05, 0) is 30.0 Å². The van der Waals surface area contributed by atoms with Gasteiger partial charge >= 0.3 is 5.97 Å². The molecule has 1 aliphatic rings. The number of amides is 1. The summed E-state index contributed by atoms with van der Waals surface area (Å²) in [7, 11) is 0. The van der Waals surface area contributed by atoms with E-state index in [-0.39, 0.29) is 11.9 Å². The smallest absolute Gasteiger partial charge is 0.307 e. The molecule has 1 heterocycles. The molecule has 0 saturated heterocycles. The first-order valence-electron chi connectivity index (χ1n) is 6.29. The number of nitrogens with one attached hydrogen (secondary N) is 1. The zero-order chi connectivity index (χ0) is 14.2. The molecule has 0 bridgehead atoms. The van der Waals surface area contributed by atoms with Crippen LogP contribution in [-0.2, 0) is 9.59 Å². The molecule has 102 valence electrons. The van der Waals surface area contributed by atoms with E-state index in [9.17, 15) is 9.59 Å². The van der Waals surface area contributed by atoms with Gasteiger partial charge in [0.15, 0.2) is 0 Å². The standard InChI is InChI=1S/C14H18N2O3/c1-8(9-4-6-15-7-5-9)16-12(17)10-11(13(18)19)14(10,2)3/h4-8,10-11H,1-3H3,(H,16,17)(H,18,19)/t8-,10?,11?/m1/s1. The zero-order valence-corrected chi connectivity index (χ0v) is 11.3. The third-order valence-electron chi connectivity index (χ3n) is 3.94. The van der Waals surface area contributed by atoms with E-state index in [2.05, 4.69) is 10.3 Å². The van der Waals surface area contributed by atoms with Gasteiger partial charge in [0.25, 0.3) is 0 Å². The van der Waals surface area contributed by atoms with E-state index in [1.807, 2.05) is 32.9 Å². The van der Waals surface area contributed by atoms with E-state index in [4.69, 9.17) is 5.11 Å². The molecule has 2 rings (SSSR count). The van der Waals surface area contributed by atoms with Crippen molar-refractivity contribution in [3.63, 3.8) is 0 Å². The number of hydrogen-bond acceptors (Lipinski definition) is 3. The van der Waals surface area contributed by atoms with Crippen LogP contribution < -0.4 is 5.32 Å². The number of aromatic nitrogens is 1. The third kappa shape index (κ3) is 2.45. The second kappa shape index (κ2) is 4.64. The molecular formula is C14H18N2O3. The predicted molar refractivity (Wildman–Crippen MR) is 69.2 cm³/mol. The van der Waals surface area contributed by atoms with Crippen molar-refractivity contribution >= 4 is 11.9 Å². The van der Waals surface area contributed by atoms with Crippen molar-refractivity contribution in [2.75, 3.05) is 0 Å². The van der Waals surface area contributed by atoms with Gasteiger partial charge in [-0.3, -0.25) is 14.6 Å². The normalized spacial score (nSPS) is 25.4. The lowest BCUT2D eigenvalue weighted by atomic mass is 10.1. The molecule has 3 atom stereocenters. The number of aliphatic carboxylic acids is 1. The van der Waals surface area contributed by atoms with Crippen LogP contribution in [0.3, 0.4) is 0 Å². The van der Waals surface area contributed by atoms with Crippen molar-refractivity contribution in [2.24, 2.45) is 17.3 Å². The molecule has 2 N–H and O–H groups in total. The Bertz CT molecular complexity index is 499. The van der Waals surface area contributed by atoms with E-state index >= 15 is 0 Å². The van der Waals surface area contributed by atoms with E-state index in [1.165, 1.54) is 0 Å². The molecule has 5 heteroatoms. The fraction of sp³-hybridized carbons (Fsp3) is 0.500. The second-order valence-electron chi connectivity index (χ2n) is 5.63. The van der Waals surface area contributed by atoms with Gasteiger partial charge in [-0.2, -0.15) is 0 Å². The Hall–Kier alpha value is -1.91. The lowest BCUT2D eigenvalue weighted by molar-refractivity contribution is -0.140. The quantitative estimate of drug-likeness (QED) is 0.864. The van der Waals surface area contributed by atoms with E-state index in [0.29, 0.717) is 0 Å². The van der Waals surface area contributed by atoms with Gasteiger partial charge in [0.05, 0.1) is 17.9 Å². The molecule has 1 aliphatic carbocycles. The summed E-state index contributed by atoms with van der Waals surface area (Å²) in [5.41, 5.74) is 0.488. The van der Waals surface area contributed by atoms with Crippen LogP contribution in [0.2, 0.25) is 0 Å². The van der Waals surface area contributed by atoms with Crippen LogP contribution in [0.1, 0.15) is 32.4 Å². The monoisotopic (exact) mass is 262 g/mol.